The number of nitrogens with two attached hydrogens (primary N) is 1. The van der Waals surface area contributed by atoms with Gasteiger partial charge in [0.2, 0.25) is 6.35 Å². The first kappa shape index (κ1) is 48.9. The van der Waals surface area contributed by atoms with E-state index in [0.29, 0.717) is 89.1 Å². The number of amidine groups is 1. The number of allylic oxidation sites excluding steroid dienone is 2. The maximum atomic E-state index is 10.9. The van der Waals surface area contributed by atoms with E-state index in [2.05, 4.69) is 33.3 Å². The number of aliphatic imine (C=N–C) groups is 1. The predicted octanol–water partition coefficient (Wildman–Crippen LogP) is 2.97. The van der Waals surface area contributed by atoms with E-state index in [0.717, 1.165) is 39.0 Å². The molecule has 0 aliphatic carbocycles. The minimum absolute atomic E-state index is 0. The van der Waals surface area contributed by atoms with Gasteiger partial charge in [-0.05, 0) is 75.2 Å². The first-order chi connectivity index (χ1) is 24.9. The van der Waals surface area contributed by atoms with E-state index < -0.39 is 8.46 Å². The van der Waals surface area contributed by atoms with E-state index in [4.69, 9.17) is 40.6 Å². The molecule has 0 bridgehead atoms. The van der Waals surface area contributed by atoms with E-state index >= 15 is 0 Å². The summed E-state index contributed by atoms with van der Waals surface area (Å²) in [6, 6.07) is 0. The molecule has 3 atom stereocenters. The topological polar surface area (TPSA) is 189 Å². The number of hydrogen-bond donors (Lipinski definition) is 1. The molecule has 0 saturated carbocycles. The van der Waals surface area contributed by atoms with Crippen LogP contribution < -0.4 is 5.73 Å². The van der Waals surface area contributed by atoms with E-state index in [1.807, 2.05) is 4.90 Å². The van der Waals surface area contributed by atoms with Crippen molar-refractivity contribution in [1.29, 1.82) is 0 Å². The second-order valence-corrected chi connectivity index (χ2v) is 13.0. The molecule has 1 aromatic rings. The number of aldehydes is 1. The molecular weight excluding hydrogens is 780 g/mol. The van der Waals surface area contributed by atoms with Crippen molar-refractivity contribution < 1.29 is 70.5 Å². The van der Waals surface area contributed by atoms with Crippen LogP contribution in [0.15, 0.2) is 23.0 Å². The van der Waals surface area contributed by atoms with Crippen LogP contribution in [-0.2, 0) is 70.5 Å². The van der Waals surface area contributed by atoms with Gasteiger partial charge >= 0.3 is 8.46 Å². The van der Waals surface area contributed by atoms with Crippen molar-refractivity contribution in [1.82, 2.24) is 19.6 Å². The minimum atomic E-state index is -0.452. The molecule has 3 unspecified atom stereocenters. The monoisotopic (exact) mass is 838 g/mol. The molecule has 2 N–H and O–H groups in total. The Labute approximate surface area is 341 Å². The summed E-state index contributed by atoms with van der Waals surface area (Å²) in [5, 5.41) is 19.8. The Bertz CT molecular complexity index is 1310. The number of nitrogens with zero attached hydrogens (tertiary/aromatic N) is 7. The maximum absolute atomic E-state index is 10.9. The standard InChI is InChI=1S/C19H29N6O3P.C15H24N2O5.CH4.Y/c1-21-18-15(17(20)24-11-19(12-24)6-3-7-23(2)10-19)8-22-25(18)16-5-4-14(28-16)9-27-13-29-26;1-2-6-19-8-10-21-12-13-22-11-9-20-7-5-17-4-3-15(16)14-18;;/h8,14,16H,3-7,9-13H2,1-2H3;1,3-4,14H,5-13,16H2;1H4;/q-2;;;/p+1/b;15-3-,17-4?;;. The molecule has 0 aromatic carbocycles. The molecule has 4 heterocycles. The largest absolute Gasteiger partial charge is 0.467 e. The third kappa shape index (κ3) is 17.5. The molecule has 4 rings (SSSR count). The zero-order valence-corrected chi connectivity index (χ0v) is 34.4. The molecule has 1 spiro atoms. The molecule has 18 heteroatoms. The molecule has 1 radical (unpaired) electrons. The summed E-state index contributed by atoms with van der Waals surface area (Å²) in [5.74, 6) is 3.27. The summed E-state index contributed by atoms with van der Waals surface area (Å²) in [6.07, 6.45) is 14.3. The van der Waals surface area contributed by atoms with Crippen LogP contribution >= 0.6 is 8.46 Å². The van der Waals surface area contributed by atoms with Crippen LogP contribution in [0.25, 0.3) is 10.7 Å². The van der Waals surface area contributed by atoms with Gasteiger partial charge in [0.1, 0.15) is 6.61 Å². The molecule has 3 aliphatic rings. The van der Waals surface area contributed by atoms with Crippen LogP contribution in [0, 0.1) is 17.8 Å². The smallest absolute Gasteiger partial charge is 0.353 e. The number of rotatable bonds is 22. The van der Waals surface area contributed by atoms with E-state index in [-0.39, 0.29) is 70.3 Å². The van der Waals surface area contributed by atoms with Crippen LogP contribution in [-0.4, -0.2) is 157 Å². The third-order valence-corrected chi connectivity index (χ3v) is 8.75. The van der Waals surface area contributed by atoms with Gasteiger partial charge in [-0.25, -0.2) is 0 Å². The van der Waals surface area contributed by atoms with Gasteiger partial charge in [0.05, 0.1) is 77.4 Å². The first-order valence-corrected chi connectivity index (χ1v) is 18.4. The Morgan fingerprint density at radius 1 is 1.15 bits per heavy atom. The molecule has 3 fully saturated rings. The second kappa shape index (κ2) is 28.3. The predicted molar refractivity (Wildman–Crippen MR) is 203 cm³/mol. The minimum Gasteiger partial charge on any atom is -0.467 e. The fraction of sp³-hybridized carbons (Fsp3) is 0.714. The number of terminal acetylenes is 1. The summed E-state index contributed by atoms with van der Waals surface area (Å²) in [7, 11) is 3.43. The number of hydrogen-bond acceptors (Lipinski definition) is 12. The average Bonchev–Trinajstić information content (AvgIpc) is 3.77. The van der Waals surface area contributed by atoms with Crippen molar-refractivity contribution in [2.24, 2.45) is 16.1 Å². The number of piperidine rings is 1. The Balaban J connectivity index is 0.000000533. The van der Waals surface area contributed by atoms with Crippen molar-refractivity contribution in [3.05, 3.63) is 34.3 Å². The number of ether oxygens (including phenoxy) is 6. The van der Waals surface area contributed by atoms with Gasteiger partial charge in [0.25, 0.3) is 0 Å². The molecule has 53 heavy (non-hydrogen) atoms. The normalized spacial score (nSPS) is 19.5. The third-order valence-electron chi connectivity index (χ3n) is 8.42. The van der Waals surface area contributed by atoms with Crippen LogP contribution in [0.3, 0.4) is 0 Å². The molecular formula is C35H58N8O8PY-. The molecule has 16 nitrogen and oxygen atoms in total. The summed E-state index contributed by atoms with van der Waals surface area (Å²) >= 11 is 0. The molecule has 0 amide bonds. The molecule has 1 aromatic heterocycles. The fourth-order valence-corrected chi connectivity index (χ4v) is 6.33. The molecule has 3 aliphatic heterocycles. The SMILES string of the molecule is C.C#CCOCCOCCOCCOCCN=C/C=C(\N)C=O.C[N-]c1c(C(=[N-])N2CC3(CCCN(C)C3)C2)cnn1C1CCC(COC[PH+]=O)O1.[Y]. The Kier molecular flexibility index (Phi) is 26.1. The molecule has 3 saturated heterocycles. The Morgan fingerprint density at radius 3 is 2.45 bits per heavy atom. The number of aromatic nitrogens is 2. The van der Waals surface area contributed by atoms with Crippen molar-refractivity contribution in [3.8, 4) is 12.3 Å². The van der Waals surface area contributed by atoms with Crippen LogP contribution in [0.1, 0.15) is 44.9 Å². The van der Waals surface area contributed by atoms with Gasteiger partial charge in [-0.1, -0.05) is 30.8 Å². The van der Waals surface area contributed by atoms with Crippen molar-refractivity contribution >= 4 is 32.6 Å². The summed E-state index contributed by atoms with van der Waals surface area (Å²) < 4.78 is 44.6. The van der Waals surface area contributed by atoms with E-state index in [9.17, 15) is 14.8 Å². The average molecular weight is 839 g/mol. The fourth-order valence-electron chi connectivity index (χ4n) is 6.13. The van der Waals surface area contributed by atoms with Crippen molar-refractivity contribution in [2.75, 3.05) is 113 Å². The second-order valence-electron chi connectivity index (χ2n) is 12.5. The molecule has 295 valence electrons. The quantitative estimate of drug-likeness (QED) is 0.0343. The zero-order valence-electron chi connectivity index (χ0n) is 30.5. The van der Waals surface area contributed by atoms with Gasteiger partial charge in [0, 0.05) is 51.7 Å². The van der Waals surface area contributed by atoms with Gasteiger partial charge in [-0.3, -0.25) is 14.9 Å². The van der Waals surface area contributed by atoms with Crippen LogP contribution in [0.4, 0.5) is 5.82 Å². The van der Waals surface area contributed by atoms with Crippen LogP contribution in [0.2, 0.25) is 0 Å². The van der Waals surface area contributed by atoms with Crippen LogP contribution in [0.5, 0.6) is 0 Å². The van der Waals surface area contributed by atoms with E-state index in [1.54, 1.807) is 17.9 Å². The number of carbonyl (C=O) groups excluding carboxylic acids is 1. The number of carbonyl (C=O) groups is 1. The maximum Gasteiger partial charge on any atom is 0.353 e. The summed E-state index contributed by atoms with van der Waals surface area (Å²) in [4.78, 5) is 18.6. The first-order valence-electron chi connectivity index (χ1n) is 17.3. The van der Waals surface area contributed by atoms with Gasteiger partial charge in [0.15, 0.2) is 6.29 Å². The van der Waals surface area contributed by atoms with E-state index in [1.165, 1.54) is 25.1 Å². The summed E-state index contributed by atoms with van der Waals surface area (Å²) in [5.41, 5.74) is 6.36. The Morgan fingerprint density at radius 2 is 1.83 bits per heavy atom. The van der Waals surface area contributed by atoms with Gasteiger partial charge < -0.3 is 59.4 Å². The summed E-state index contributed by atoms with van der Waals surface area (Å²) in [6.45, 7) is 8.72. The van der Waals surface area contributed by atoms with Crippen molar-refractivity contribution in [2.45, 2.75) is 45.4 Å². The van der Waals surface area contributed by atoms with Gasteiger partial charge in [-0.2, -0.15) is 0 Å². The number of likely N-dealkylation sites (tertiary alicyclic amines) is 2. The van der Waals surface area contributed by atoms with Gasteiger partial charge in [-0.15, -0.1) is 6.42 Å². The Hall–Kier alpha value is -2.16. The van der Waals surface area contributed by atoms with Crippen molar-refractivity contribution in [3.63, 3.8) is 0 Å². The zero-order chi connectivity index (χ0) is 36.7.